The average Bonchev–Trinajstić information content (AvgIpc) is 2.95. The first-order valence-corrected chi connectivity index (χ1v) is 8.63. The van der Waals surface area contributed by atoms with Crippen molar-refractivity contribution in [3.8, 4) is 0 Å². The van der Waals surface area contributed by atoms with Gasteiger partial charge < -0.3 is 10.4 Å². The maximum atomic E-state index is 12.7. The van der Waals surface area contributed by atoms with Crippen LogP contribution in [0.4, 0.5) is 0 Å². The number of hydrogen-bond donors (Lipinski definition) is 2. The summed E-state index contributed by atoms with van der Waals surface area (Å²) in [5, 5.41) is 17.0. The molecule has 136 valence electrons. The van der Waals surface area contributed by atoms with Gasteiger partial charge in [-0.25, -0.2) is 4.98 Å². The lowest BCUT2D eigenvalue weighted by Crippen LogP contribution is -2.33. The minimum absolute atomic E-state index is 0.133. The van der Waals surface area contributed by atoms with E-state index in [1.165, 1.54) is 6.33 Å². The molecule has 0 saturated heterocycles. The van der Waals surface area contributed by atoms with E-state index in [0.29, 0.717) is 12.0 Å². The molecule has 0 radical (unpaired) electrons. The highest BCUT2D eigenvalue weighted by molar-refractivity contribution is 5.94. The van der Waals surface area contributed by atoms with Crippen LogP contribution in [0.25, 0.3) is 0 Å². The number of hydrogen-bond acceptors (Lipinski definition) is 4. The Bertz CT molecular complexity index is 716. The molecular weight excluding hydrogens is 316 g/mol. The Balaban J connectivity index is 2.13. The number of nitrogens with zero attached hydrogens (tertiary/aromatic N) is 3. The highest BCUT2D eigenvalue weighted by Gasteiger charge is 2.23. The van der Waals surface area contributed by atoms with Crippen LogP contribution < -0.4 is 5.32 Å². The zero-order chi connectivity index (χ0) is 18.6. The van der Waals surface area contributed by atoms with Crippen molar-refractivity contribution in [2.45, 2.75) is 52.2 Å². The fraction of sp³-hybridized carbons (Fsp3) is 0.526. The highest BCUT2D eigenvalue weighted by Crippen LogP contribution is 2.20. The van der Waals surface area contributed by atoms with Crippen molar-refractivity contribution in [3.05, 3.63) is 47.5 Å². The van der Waals surface area contributed by atoms with Crippen LogP contribution in [0.1, 0.15) is 61.9 Å². The number of benzene rings is 1. The summed E-state index contributed by atoms with van der Waals surface area (Å²) < 4.78 is 1.69. The number of nitrogens with one attached hydrogen (secondary N) is 1. The van der Waals surface area contributed by atoms with Crippen molar-refractivity contribution in [1.82, 2.24) is 20.1 Å². The minimum atomic E-state index is -0.716. The maximum absolute atomic E-state index is 12.7. The molecule has 1 amide bonds. The van der Waals surface area contributed by atoms with Gasteiger partial charge in [0.2, 0.25) is 0 Å². The standard InChI is InChI=1S/C19H28N4O2/c1-13(2)16(17-20-12-21-23(17)5)22-18(24)15-8-6-7-14(11-15)9-10-19(3,4)25/h6-8,11-13,16,25H,9-10H2,1-5H3,(H,22,24)/t16-/m0/s1. The normalized spacial score (nSPS) is 13.1. The number of aliphatic hydroxyl groups is 1. The smallest absolute Gasteiger partial charge is 0.251 e. The molecule has 2 N–H and O–H groups in total. The number of aryl methyl sites for hydroxylation is 2. The van der Waals surface area contributed by atoms with Gasteiger partial charge in [-0.05, 0) is 50.3 Å². The molecule has 0 aliphatic heterocycles. The highest BCUT2D eigenvalue weighted by atomic mass is 16.3. The summed E-state index contributed by atoms with van der Waals surface area (Å²) in [5.41, 5.74) is 0.933. The lowest BCUT2D eigenvalue weighted by atomic mass is 9.97. The molecule has 1 atom stereocenters. The number of amides is 1. The molecule has 0 aliphatic rings. The van der Waals surface area contributed by atoms with Gasteiger partial charge in [-0.3, -0.25) is 9.48 Å². The van der Waals surface area contributed by atoms with Gasteiger partial charge in [0, 0.05) is 12.6 Å². The summed E-state index contributed by atoms with van der Waals surface area (Å²) >= 11 is 0. The average molecular weight is 344 g/mol. The Labute approximate surface area is 149 Å². The monoisotopic (exact) mass is 344 g/mol. The largest absolute Gasteiger partial charge is 0.390 e. The molecule has 0 bridgehead atoms. The Morgan fingerprint density at radius 3 is 2.64 bits per heavy atom. The molecule has 6 nitrogen and oxygen atoms in total. The van der Waals surface area contributed by atoms with Gasteiger partial charge in [-0.1, -0.05) is 26.0 Å². The SMILES string of the molecule is CC(C)[C@H](NC(=O)c1cccc(CCC(C)(C)O)c1)c1ncnn1C. The predicted molar refractivity (Wildman–Crippen MR) is 97.1 cm³/mol. The third kappa shape index (κ3) is 5.39. The zero-order valence-electron chi connectivity index (χ0n) is 15.7. The molecule has 0 fully saturated rings. The van der Waals surface area contributed by atoms with Gasteiger partial charge in [0.05, 0.1) is 11.6 Å². The van der Waals surface area contributed by atoms with Crippen molar-refractivity contribution in [3.63, 3.8) is 0 Å². The van der Waals surface area contributed by atoms with Gasteiger partial charge in [-0.15, -0.1) is 0 Å². The first kappa shape index (κ1) is 19.1. The number of carbonyl (C=O) groups is 1. The summed E-state index contributed by atoms with van der Waals surface area (Å²) in [4.78, 5) is 17.0. The van der Waals surface area contributed by atoms with Crippen LogP contribution in [0.15, 0.2) is 30.6 Å². The molecule has 0 aliphatic carbocycles. The third-order valence-corrected chi connectivity index (χ3v) is 4.19. The fourth-order valence-corrected chi connectivity index (χ4v) is 2.66. The van der Waals surface area contributed by atoms with E-state index in [2.05, 4.69) is 15.4 Å². The van der Waals surface area contributed by atoms with E-state index in [9.17, 15) is 9.90 Å². The van der Waals surface area contributed by atoms with Crippen molar-refractivity contribution in [2.24, 2.45) is 13.0 Å². The molecule has 0 saturated carbocycles. The quantitative estimate of drug-likeness (QED) is 0.809. The molecule has 2 aromatic rings. The van der Waals surface area contributed by atoms with E-state index >= 15 is 0 Å². The molecule has 1 aromatic heterocycles. The Morgan fingerprint density at radius 2 is 2.08 bits per heavy atom. The van der Waals surface area contributed by atoms with Crippen LogP contribution in [0.3, 0.4) is 0 Å². The summed E-state index contributed by atoms with van der Waals surface area (Å²) in [5.74, 6) is 0.790. The van der Waals surface area contributed by atoms with Gasteiger partial charge in [-0.2, -0.15) is 5.10 Å². The van der Waals surface area contributed by atoms with Crippen molar-refractivity contribution >= 4 is 5.91 Å². The Morgan fingerprint density at radius 1 is 1.36 bits per heavy atom. The van der Waals surface area contributed by atoms with E-state index < -0.39 is 5.60 Å². The van der Waals surface area contributed by atoms with Crippen LogP contribution in [-0.4, -0.2) is 31.4 Å². The van der Waals surface area contributed by atoms with Crippen LogP contribution in [0.2, 0.25) is 0 Å². The minimum Gasteiger partial charge on any atom is -0.390 e. The Hall–Kier alpha value is -2.21. The molecule has 6 heteroatoms. The first-order chi connectivity index (χ1) is 11.7. The molecule has 25 heavy (non-hydrogen) atoms. The molecule has 1 heterocycles. The summed E-state index contributed by atoms with van der Waals surface area (Å²) in [6.45, 7) is 7.66. The van der Waals surface area contributed by atoms with Crippen molar-refractivity contribution in [2.75, 3.05) is 0 Å². The topological polar surface area (TPSA) is 80.0 Å². The van der Waals surface area contributed by atoms with Gasteiger partial charge in [0.25, 0.3) is 5.91 Å². The predicted octanol–water partition coefficient (Wildman–Crippen LogP) is 2.65. The molecule has 0 unspecified atom stereocenters. The van der Waals surface area contributed by atoms with E-state index in [-0.39, 0.29) is 17.9 Å². The van der Waals surface area contributed by atoms with Crippen LogP contribution in [0, 0.1) is 5.92 Å². The van der Waals surface area contributed by atoms with E-state index in [4.69, 9.17) is 0 Å². The number of carbonyl (C=O) groups excluding carboxylic acids is 1. The second kappa shape index (κ2) is 7.78. The lowest BCUT2D eigenvalue weighted by Gasteiger charge is -2.21. The molecular formula is C19H28N4O2. The second-order valence-electron chi connectivity index (χ2n) is 7.45. The number of rotatable bonds is 7. The van der Waals surface area contributed by atoms with Gasteiger partial charge in [0.15, 0.2) is 0 Å². The lowest BCUT2D eigenvalue weighted by molar-refractivity contribution is 0.0714. The maximum Gasteiger partial charge on any atom is 0.251 e. The van der Waals surface area contributed by atoms with Crippen molar-refractivity contribution in [1.29, 1.82) is 0 Å². The second-order valence-corrected chi connectivity index (χ2v) is 7.45. The van der Waals surface area contributed by atoms with Crippen molar-refractivity contribution < 1.29 is 9.90 Å². The summed E-state index contributed by atoms with van der Waals surface area (Å²) in [6, 6.07) is 7.33. The van der Waals surface area contributed by atoms with Crippen LogP contribution >= 0.6 is 0 Å². The molecule has 1 aromatic carbocycles. The van der Waals surface area contributed by atoms with E-state index in [1.807, 2.05) is 39.1 Å². The third-order valence-electron chi connectivity index (χ3n) is 4.19. The molecule has 2 rings (SSSR count). The first-order valence-electron chi connectivity index (χ1n) is 8.63. The summed E-state index contributed by atoms with van der Waals surface area (Å²) in [7, 11) is 1.82. The Kier molecular flexibility index (Phi) is 5.95. The zero-order valence-corrected chi connectivity index (χ0v) is 15.7. The number of aromatic nitrogens is 3. The molecule has 0 spiro atoms. The van der Waals surface area contributed by atoms with Crippen LogP contribution in [-0.2, 0) is 13.5 Å². The van der Waals surface area contributed by atoms with E-state index in [0.717, 1.165) is 17.8 Å². The fourth-order valence-electron chi connectivity index (χ4n) is 2.66. The van der Waals surface area contributed by atoms with Gasteiger partial charge >= 0.3 is 0 Å². The summed E-state index contributed by atoms with van der Waals surface area (Å²) in [6.07, 6.45) is 2.86. The van der Waals surface area contributed by atoms with E-state index in [1.54, 1.807) is 24.6 Å². The van der Waals surface area contributed by atoms with Crippen LogP contribution in [0.5, 0.6) is 0 Å². The van der Waals surface area contributed by atoms with Gasteiger partial charge in [0.1, 0.15) is 12.2 Å².